The summed E-state index contributed by atoms with van der Waals surface area (Å²) in [6, 6.07) is 2.04. The molecular formula is C6H8N2S. The van der Waals surface area contributed by atoms with Gasteiger partial charge in [0.15, 0.2) is 0 Å². The Hall–Kier alpha value is -0.830. The van der Waals surface area contributed by atoms with Gasteiger partial charge in [0.25, 0.3) is 0 Å². The first kappa shape index (κ1) is 6.29. The lowest BCUT2D eigenvalue weighted by Gasteiger charge is -1.83. The van der Waals surface area contributed by atoms with Crippen LogP contribution in [-0.2, 0) is 0 Å². The largest absolute Gasteiger partial charge is 0.323 e. The number of nitrogens with two attached hydrogens (primary N) is 1. The van der Waals surface area contributed by atoms with Gasteiger partial charge < -0.3 is 5.84 Å². The van der Waals surface area contributed by atoms with Crippen LogP contribution in [0, 0.1) is 6.92 Å². The van der Waals surface area contributed by atoms with Crippen molar-refractivity contribution in [2.75, 3.05) is 0 Å². The summed E-state index contributed by atoms with van der Waals surface area (Å²) in [5.41, 5.74) is 1.23. The van der Waals surface area contributed by atoms with Gasteiger partial charge in [0.05, 0.1) is 6.21 Å². The first-order valence-corrected chi connectivity index (χ1v) is 3.50. The number of hydrazone groups is 1. The highest BCUT2D eigenvalue weighted by Gasteiger charge is 1.92. The van der Waals surface area contributed by atoms with Crippen LogP contribution in [0.4, 0.5) is 0 Å². The summed E-state index contributed by atoms with van der Waals surface area (Å²) >= 11 is 1.64. The fourth-order valence-corrected chi connectivity index (χ4v) is 1.38. The highest BCUT2D eigenvalue weighted by Crippen LogP contribution is 2.11. The molecule has 0 aliphatic carbocycles. The quantitative estimate of drug-likeness (QED) is 0.357. The van der Waals surface area contributed by atoms with E-state index in [0.717, 1.165) is 4.88 Å². The van der Waals surface area contributed by atoms with Gasteiger partial charge >= 0.3 is 0 Å². The summed E-state index contributed by atoms with van der Waals surface area (Å²) in [7, 11) is 0. The van der Waals surface area contributed by atoms with Crippen LogP contribution in [0.15, 0.2) is 16.5 Å². The zero-order chi connectivity index (χ0) is 6.69. The summed E-state index contributed by atoms with van der Waals surface area (Å²) in [6.45, 7) is 2.04. The van der Waals surface area contributed by atoms with Crippen molar-refractivity contribution >= 4 is 17.6 Å². The maximum absolute atomic E-state index is 4.96. The minimum absolute atomic E-state index is 1.14. The van der Waals surface area contributed by atoms with Gasteiger partial charge in [-0.1, -0.05) is 0 Å². The average Bonchev–Trinajstić information content (AvgIpc) is 2.18. The molecule has 0 atom stereocenters. The lowest BCUT2D eigenvalue weighted by Crippen LogP contribution is -1.83. The molecule has 0 radical (unpaired) electrons. The van der Waals surface area contributed by atoms with Gasteiger partial charge in [-0.15, -0.1) is 11.3 Å². The van der Waals surface area contributed by atoms with Gasteiger partial charge in [-0.25, -0.2) is 0 Å². The number of rotatable bonds is 1. The van der Waals surface area contributed by atoms with E-state index in [9.17, 15) is 0 Å². The van der Waals surface area contributed by atoms with Crippen molar-refractivity contribution in [3.05, 3.63) is 21.9 Å². The molecule has 3 heteroatoms. The molecule has 0 bridgehead atoms. The van der Waals surface area contributed by atoms with E-state index in [1.165, 1.54) is 5.56 Å². The van der Waals surface area contributed by atoms with Crippen LogP contribution in [-0.4, -0.2) is 6.21 Å². The third-order valence-electron chi connectivity index (χ3n) is 1.09. The van der Waals surface area contributed by atoms with E-state index in [1.807, 2.05) is 18.4 Å². The molecule has 1 heterocycles. The molecule has 0 saturated heterocycles. The molecule has 0 aliphatic heterocycles. The number of aryl methyl sites for hydroxylation is 1. The fraction of sp³-hybridized carbons (Fsp3) is 0.167. The second-order valence-corrected chi connectivity index (χ2v) is 2.69. The molecule has 2 nitrogen and oxygen atoms in total. The molecule has 1 rings (SSSR count). The molecule has 0 aromatic carbocycles. The molecule has 48 valence electrons. The SMILES string of the molecule is Cc1ccsc1C=NN. The molecule has 0 spiro atoms. The van der Waals surface area contributed by atoms with Gasteiger partial charge in [0.2, 0.25) is 0 Å². The van der Waals surface area contributed by atoms with Crippen molar-refractivity contribution < 1.29 is 0 Å². The van der Waals surface area contributed by atoms with E-state index in [0.29, 0.717) is 0 Å². The zero-order valence-electron chi connectivity index (χ0n) is 5.16. The monoisotopic (exact) mass is 140 g/mol. The summed E-state index contributed by atoms with van der Waals surface area (Å²) in [6.07, 6.45) is 1.67. The Morgan fingerprint density at radius 3 is 3.00 bits per heavy atom. The van der Waals surface area contributed by atoms with E-state index < -0.39 is 0 Å². The van der Waals surface area contributed by atoms with Crippen LogP contribution < -0.4 is 5.84 Å². The van der Waals surface area contributed by atoms with Gasteiger partial charge in [-0.05, 0) is 23.9 Å². The number of thiophene rings is 1. The van der Waals surface area contributed by atoms with Crippen molar-refractivity contribution in [3.63, 3.8) is 0 Å². The zero-order valence-corrected chi connectivity index (χ0v) is 5.98. The number of hydrogen-bond acceptors (Lipinski definition) is 3. The minimum Gasteiger partial charge on any atom is -0.323 e. The predicted molar refractivity (Wildman–Crippen MR) is 40.8 cm³/mol. The molecule has 0 unspecified atom stereocenters. The Balaban J connectivity index is 2.94. The van der Waals surface area contributed by atoms with Gasteiger partial charge in [-0.2, -0.15) is 5.10 Å². The average molecular weight is 140 g/mol. The Labute approximate surface area is 58.0 Å². The van der Waals surface area contributed by atoms with Crippen molar-refractivity contribution in [2.24, 2.45) is 10.9 Å². The van der Waals surface area contributed by atoms with E-state index >= 15 is 0 Å². The molecule has 9 heavy (non-hydrogen) atoms. The highest BCUT2D eigenvalue weighted by molar-refractivity contribution is 7.11. The Kier molecular flexibility index (Phi) is 1.85. The fourth-order valence-electron chi connectivity index (χ4n) is 0.584. The molecule has 2 N–H and O–H groups in total. The maximum atomic E-state index is 4.96. The summed E-state index contributed by atoms with van der Waals surface area (Å²) in [5.74, 6) is 4.96. The van der Waals surface area contributed by atoms with E-state index in [-0.39, 0.29) is 0 Å². The Morgan fingerprint density at radius 2 is 2.56 bits per heavy atom. The van der Waals surface area contributed by atoms with E-state index in [1.54, 1.807) is 17.6 Å². The summed E-state index contributed by atoms with van der Waals surface area (Å²) in [5, 5.41) is 5.44. The lowest BCUT2D eigenvalue weighted by molar-refractivity contribution is 1.26. The molecule has 1 aromatic rings. The minimum atomic E-state index is 1.14. The third kappa shape index (κ3) is 1.29. The van der Waals surface area contributed by atoms with Crippen molar-refractivity contribution in [1.82, 2.24) is 0 Å². The van der Waals surface area contributed by atoms with Crippen LogP contribution in [0.3, 0.4) is 0 Å². The van der Waals surface area contributed by atoms with E-state index in [4.69, 9.17) is 5.84 Å². The van der Waals surface area contributed by atoms with Gasteiger partial charge in [0, 0.05) is 4.88 Å². The predicted octanol–water partition coefficient (Wildman–Crippen LogP) is 1.35. The maximum Gasteiger partial charge on any atom is 0.0640 e. The van der Waals surface area contributed by atoms with Gasteiger partial charge in [-0.3, -0.25) is 0 Å². The molecular weight excluding hydrogens is 132 g/mol. The molecule has 1 aromatic heterocycles. The molecule has 0 saturated carbocycles. The van der Waals surface area contributed by atoms with Gasteiger partial charge in [0.1, 0.15) is 0 Å². The van der Waals surface area contributed by atoms with Crippen LogP contribution in [0.25, 0.3) is 0 Å². The highest BCUT2D eigenvalue weighted by atomic mass is 32.1. The van der Waals surface area contributed by atoms with Crippen LogP contribution in [0.1, 0.15) is 10.4 Å². The summed E-state index contributed by atoms with van der Waals surface area (Å²) < 4.78 is 0. The van der Waals surface area contributed by atoms with Crippen LogP contribution >= 0.6 is 11.3 Å². The first-order chi connectivity index (χ1) is 4.34. The first-order valence-electron chi connectivity index (χ1n) is 2.62. The normalized spacial score (nSPS) is 10.8. The smallest absolute Gasteiger partial charge is 0.0640 e. The van der Waals surface area contributed by atoms with Crippen molar-refractivity contribution in [1.29, 1.82) is 0 Å². The van der Waals surface area contributed by atoms with E-state index in [2.05, 4.69) is 5.10 Å². The standard InChI is InChI=1S/C6H8N2S/c1-5-2-3-9-6(5)4-8-7/h2-4H,7H2,1H3. The lowest BCUT2D eigenvalue weighted by atomic mass is 10.3. The Bertz CT molecular complexity index is 215. The third-order valence-corrected chi connectivity index (χ3v) is 2.05. The molecule has 0 amide bonds. The number of nitrogens with zero attached hydrogens (tertiary/aromatic N) is 1. The van der Waals surface area contributed by atoms with Crippen molar-refractivity contribution in [2.45, 2.75) is 6.92 Å². The molecule has 0 aliphatic rings. The summed E-state index contributed by atoms with van der Waals surface area (Å²) in [4.78, 5) is 1.14. The molecule has 0 fully saturated rings. The number of hydrogen-bond donors (Lipinski definition) is 1. The van der Waals surface area contributed by atoms with Crippen LogP contribution in [0.2, 0.25) is 0 Å². The topological polar surface area (TPSA) is 38.4 Å². The second-order valence-electron chi connectivity index (χ2n) is 1.75. The second kappa shape index (κ2) is 2.64. The van der Waals surface area contributed by atoms with Crippen LogP contribution in [0.5, 0.6) is 0 Å². The Morgan fingerprint density at radius 1 is 1.78 bits per heavy atom. The van der Waals surface area contributed by atoms with Crippen molar-refractivity contribution in [3.8, 4) is 0 Å².